The minimum absolute atomic E-state index is 0.0971. The number of rotatable bonds is 1. The van der Waals surface area contributed by atoms with Crippen molar-refractivity contribution in [1.29, 1.82) is 0 Å². The zero-order valence-electron chi connectivity index (χ0n) is 9.31. The van der Waals surface area contributed by atoms with E-state index in [1.165, 1.54) is 6.07 Å². The largest absolute Gasteiger partial charge is 0.348 e. The van der Waals surface area contributed by atoms with Crippen molar-refractivity contribution in [3.8, 4) is 0 Å². The SMILES string of the molecule is O=c1ccc2c(C3OCCCO3)cccc2[nH]1. The van der Waals surface area contributed by atoms with Gasteiger partial charge in [-0.3, -0.25) is 4.79 Å². The maximum Gasteiger partial charge on any atom is 0.248 e. The van der Waals surface area contributed by atoms with Gasteiger partial charge >= 0.3 is 0 Å². The minimum atomic E-state index is -0.321. The molecule has 17 heavy (non-hydrogen) atoms. The second-order valence-electron chi connectivity index (χ2n) is 4.06. The van der Waals surface area contributed by atoms with Gasteiger partial charge in [-0.25, -0.2) is 0 Å². The van der Waals surface area contributed by atoms with E-state index < -0.39 is 0 Å². The first-order valence-corrected chi connectivity index (χ1v) is 5.70. The number of hydrogen-bond acceptors (Lipinski definition) is 3. The monoisotopic (exact) mass is 231 g/mol. The smallest absolute Gasteiger partial charge is 0.248 e. The number of pyridine rings is 1. The summed E-state index contributed by atoms with van der Waals surface area (Å²) in [5, 5.41) is 0.971. The molecule has 0 saturated carbocycles. The van der Waals surface area contributed by atoms with E-state index in [1.807, 2.05) is 24.3 Å². The normalized spacial score (nSPS) is 17.4. The summed E-state index contributed by atoms with van der Waals surface area (Å²) >= 11 is 0. The first-order valence-electron chi connectivity index (χ1n) is 5.70. The summed E-state index contributed by atoms with van der Waals surface area (Å²) < 4.78 is 11.2. The summed E-state index contributed by atoms with van der Waals surface area (Å²) in [6.45, 7) is 1.43. The molecule has 4 nitrogen and oxygen atoms in total. The van der Waals surface area contributed by atoms with Gasteiger partial charge in [-0.1, -0.05) is 12.1 Å². The summed E-state index contributed by atoms with van der Waals surface area (Å²) in [5.41, 5.74) is 1.69. The second-order valence-corrected chi connectivity index (χ2v) is 4.06. The van der Waals surface area contributed by atoms with Crippen LogP contribution in [0.4, 0.5) is 0 Å². The lowest BCUT2D eigenvalue weighted by molar-refractivity contribution is -0.182. The van der Waals surface area contributed by atoms with E-state index in [4.69, 9.17) is 9.47 Å². The third-order valence-electron chi connectivity index (χ3n) is 2.88. The van der Waals surface area contributed by atoms with Gasteiger partial charge in [0.25, 0.3) is 0 Å². The van der Waals surface area contributed by atoms with Crippen molar-refractivity contribution in [2.75, 3.05) is 13.2 Å². The topological polar surface area (TPSA) is 51.3 Å². The predicted octanol–water partition coefficient (Wildman–Crippen LogP) is 1.96. The Bertz CT molecular complexity index is 584. The third-order valence-corrected chi connectivity index (χ3v) is 2.88. The highest BCUT2D eigenvalue weighted by molar-refractivity contribution is 5.82. The number of nitrogens with one attached hydrogen (secondary N) is 1. The van der Waals surface area contributed by atoms with Crippen LogP contribution in [0.1, 0.15) is 18.3 Å². The average molecular weight is 231 g/mol. The van der Waals surface area contributed by atoms with Crippen molar-refractivity contribution in [2.24, 2.45) is 0 Å². The molecule has 1 fully saturated rings. The van der Waals surface area contributed by atoms with Crippen molar-refractivity contribution >= 4 is 10.9 Å². The Labute approximate surface area is 98.2 Å². The zero-order valence-corrected chi connectivity index (χ0v) is 9.31. The average Bonchev–Trinajstić information content (AvgIpc) is 2.39. The van der Waals surface area contributed by atoms with Crippen LogP contribution in [0.2, 0.25) is 0 Å². The van der Waals surface area contributed by atoms with Gasteiger partial charge in [0, 0.05) is 22.5 Å². The van der Waals surface area contributed by atoms with Gasteiger partial charge in [0.1, 0.15) is 0 Å². The van der Waals surface area contributed by atoms with Crippen LogP contribution >= 0.6 is 0 Å². The van der Waals surface area contributed by atoms with Gasteiger partial charge in [-0.05, 0) is 18.6 Å². The van der Waals surface area contributed by atoms with Crippen LogP contribution in [-0.2, 0) is 9.47 Å². The Morgan fingerprint density at radius 3 is 2.76 bits per heavy atom. The van der Waals surface area contributed by atoms with Gasteiger partial charge in [-0.2, -0.15) is 0 Å². The third kappa shape index (κ3) is 1.97. The number of aromatic amines is 1. The highest BCUT2D eigenvalue weighted by atomic mass is 16.7. The fourth-order valence-corrected chi connectivity index (χ4v) is 2.08. The van der Waals surface area contributed by atoms with E-state index >= 15 is 0 Å². The zero-order chi connectivity index (χ0) is 11.7. The standard InChI is InChI=1S/C13H13NO3/c15-12-6-5-9-10(3-1-4-11(9)14-12)13-16-7-2-8-17-13/h1,3-6,13H,2,7-8H2,(H,14,15). The maximum absolute atomic E-state index is 11.3. The first kappa shape index (κ1) is 10.5. The van der Waals surface area contributed by atoms with Crippen molar-refractivity contribution in [2.45, 2.75) is 12.7 Å². The molecule has 4 heteroatoms. The molecule has 0 bridgehead atoms. The molecule has 0 unspecified atom stereocenters. The van der Waals surface area contributed by atoms with Crippen LogP contribution in [0.25, 0.3) is 10.9 Å². The maximum atomic E-state index is 11.3. The van der Waals surface area contributed by atoms with Crippen LogP contribution in [-0.4, -0.2) is 18.2 Å². The summed E-state index contributed by atoms with van der Waals surface area (Å²) in [5.74, 6) is 0. The Morgan fingerprint density at radius 1 is 1.12 bits per heavy atom. The number of H-pyrrole nitrogens is 1. The van der Waals surface area contributed by atoms with Gasteiger partial charge < -0.3 is 14.5 Å². The van der Waals surface area contributed by atoms with Crippen LogP contribution in [0.15, 0.2) is 35.1 Å². The molecule has 2 heterocycles. The van der Waals surface area contributed by atoms with E-state index in [9.17, 15) is 4.79 Å². The Kier molecular flexibility index (Phi) is 2.66. The molecule has 1 aromatic heterocycles. The van der Waals surface area contributed by atoms with Gasteiger partial charge in [-0.15, -0.1) is 0 Å². The molecular formula is C13H13NO3. The molecule has 0 atom stereocenters. The van der Waals surface area contributed by atoms with Crippen LogP contribution in [0, 0.1) is 0 Å². The lowest BCUT2D eigenvalue weighted by atomic mass is 10.1. The first-order chi connectivity index (χ1) is 8.34. The van der Waals surface area contributed by atoms with Gasteiger partial charge in [0.2, 0.25) is 5.56 Å². The van der Waals surface area contributed by atoms with Crippen molar-refractivity contribution in [3.05, 3.63) is 46.2 Å². The number of hydrogen-bond donors (Lipinski definition) is 1. The van der Waals surface area contributed by atoms with Crippen LogP contribution in [0.5, 0.6) is 0 Å². The second kappa shape index (κ2) is 4.31. The highest BCUT2D eigenvalue weighted by Gasteiger charge is 2.18. The Hall–Kier alpha value is -1.65. The molecule has 3 rings (SSSR count). The van der Waals surface area contributed by atoms with Crippen LogP contribution in [0.3, 0.4) is 0 Å². The number of aromatic nitrogens is 1. The van der Waals surface area contributed by atoms with E-state index in [0.717, 1.165) is 22.9 Å². The molecular weight excluding hydrogens is 218 g/mol. The molecule has 1 aliphatic heterocycles. The van der Waals surface area contributed by atoms with E-state index in [0.29, 0.717) is 13.2 Å². The molecule has 2 aromatic rings. The molecule has 1 aliphatic rings. The molecule has 1 N–H and O–H groups in total. The summed E-state index contributed by atoms with van der Waals surface area (Å²) in [4.78, 5) is 14.1. The predicted molar refractivity (Wildman–Crippen MR) is 63.8 cm³/mol. The fraction of sp³-hybridized carbons (Fsp3) is 0.308. The fourth-order valence-electron chi connectivity index (χ4n) is 2.08. The highest BCUT2D eigenvalue weighted by Crippen LogP contribution is 2.28. The quantitative estimate of drug-likeness (QED) is 0.816. The van der Waals surface area contributed by atoms with Crippen LogP contribution < -0.4 is 5.56 Å². The lowest BCUT2D eigenvalue weighted by Gasteiger charge is -2.24. The van der Waals surface area contributed by atoms with Crippen molar-refractivity contribution in [3.63, 3.8) is 0 Å². The number of benzene rings is 1. The lowest BCUT2D eigenvalue weighted by Crippen LogP contribution is -2.18. The summed E-state index contributed by atoms with van der Waals surface area (Å²) in [6.07, 6.45) is 0.608. The van der Waals surface area contributed by atoms with E-state index in [-0.39, 0.29) is 11.8 Å². The molecule has 0 amide bonds. The van der Waals surface area contributed by atoms with Crippen molar-refractivity contribution < 1.29 is 9.47 Å². The molecule has 88 valence electrons. The van der Waals surface area contributed by atoms with E-state index in [1.54, 1.807) is 0 Å². The number of ether oxygens (including phenoxy) is 2. The molecule has 0 aliphatic carbocycles. The molecule has 0 spiro atoms. The Morgan fingerprint density at radius 2 is 1.94 bits per heavy atom. The molecule has 1 aromatic carbocycles. The van der Waals surface area contributed by atoms with Gasteiger partial charge in [0.15, 0.2) is 6.29 Å². The minimum Gasteiger partial charge on any atom is -0.348 e. The summed E-state index contributed by atoms with van der Waals surface area (Å²) in [7, 11) is 0. The molecule has 0 radical (unpaired) electrons. The van der Waals surface area contributed by atoms with E-state index in [2.05, 4.69) is 4.98 Å². The number of fused-ring (bicyclic) bond motifs is 1. The summed E-state index contributed by atoms with van der Waals surface area (Å²) in [6, 6.07) is 9.08. The molecule has 1 saturated heterocycles. The van der Waals surface area contributed by atoms with Gasteiger partial charge in [0.05, 0.1) is 13.2 Å². The van der Waals surface area contributed by atoms with Crippen molar-refractivity contribution in [1.82, 2.24) is 4.98 Å². The Balaban J connectivity index is 2.12.